The fourth-order valence-corrected chi connectivity index (χ4v) is 2.73. The van der Waals surface area contributed by atoms with Crippen LogP contribution in [0.3, 0.4) is 0 Å². The Labute approximate surface area is 162 Å². The van der Waals surface area contributed by atoms with Crippen molar-refractivity contribution >= 4 is 17.8 Å². The fourth-order valence-electron chi connectivity index (χ4n) is 2.73. The summed E-state index contributed by atoms with van der Waals surface area (Å²) in [5.41, 5.74) is 0.833. The monoisotopic (exact) mass is 383 g/mol. The number of hydrogen-bond donors (Lipinski definition) is 0. The van der Waals surface area contributed by atoms with Crippen LogP contribution in [-0.2, 0) is 4.74 Å². The lowest BCUT2D eigenvalue weighted by Gasteiger charge is -2.15. The highest BCUT2D eigenvalue weighted by atomic mass is 16.5. The van der Waals surface area contributed by atoms with Crippen LogP contribution in [0, 0.1) is 5.92 Å². The summed E-state index contributed by atoms with van der Waals surface area (Å²) in [6.07, 6.45) is 0. The molecule has 28 heavy (non-hydrogen) atoms. The third-order valence-corrected chi connectivity index (χ3v) is 4.17. The van der Waals surface area contributed by atoms with E-state index in [9.17, 15) is 14.4 Å². The second-order valence-electron chi connectivity index (χ2n) is 6.72. The van der Waals surface area contributed by atoms with E-state index in [1.54, 1.807) is 36.4 Å². The summed E-state index contributed by atoms with van der Waals surface area (Å²) in [5, 5.41) is 0. The van der Waals surface area contributed by atoms with E-state index in [-0.39, 0.29) is 5.56 Å². The van der Waals surface area contributed by atoms with E-state index >= 15 is 0 Å². The smallest absolute Gasteiger partial charge is 0.340 e. The molecule has 0 radical (unpaired) electrons. The molecule has 2 aromatic rings. The number of imide groups is 1. The summed E-state index contributed by atoms with van der Waals surface area (Å²) in [6.45, 7) is 4.11. The van der Waals surface area contributed by atoms with Gasteiger partial charge in [0.2, 0.25) is 0 Å². The average molecular weight is 383 g/mol. The van der Waals surface area contributed by atoms with Crippen LogP contribution >= 0.6 is 0 Å². The lowest BCUT2D eigenvalue weighted by molar-refractivity contribution is 0.0228. The van der Waals surface area contributed by atoms with Gasteiger partial charge >= 0.3 is 5.97 Å². The zero-order chi connectivity index (χ0) is 20.3. The summed E-state index contributed by atoms with van der Waals surface area (Å²) < 4.78 is 16.1. The van der Waals surface area contributed by atoms with Gasteiger partial charge in [0.25, 0.3) is 11.8 Å². The summed E-state index contributed by atoms with van der Waals surface area (Å²) in [6, 6.07) is 11.2. The lowest BCUT2D eigenvalue weighted by atomic mass is 10.1. The summed E-state index contributed by atoms with van der Waals surface area (Å²) in [7, 11) is 1.48. The highest BCUT2D eigenvalue weighted by Crippen LogP contribution is 2.29. The molecule has 7 nitrogen and oxygen atoms in total. The van der Waals surface area contributed by atoms with Gasteiger partial charge in [-0.3, -0.25) is 9.59 Å². The molecule has 0 saturated heterocycles. The number of amides is 2. The molecule has 7 heteroatoms. The number of methoxy groups -OCH3 is 1. The predicted octanol–water partition coefficient (Wildman–Crippen LogP) is 3.14. The zero-order valence-corrected chi connectivity index (χ0v) is 15.9. The number of fused-ring (bicyclic) bond motifs is 1. The van der Waals surface area contributed by atoms with Gasteiger partial charge in [-0.15, -0.1) is 0 Å². The van der Waals surface area contributed by atoms with Crippen molar-refractivity contribution in [3.8, 4) is 11.5 Å². The first-order valence-electron chi connectivity index (χ1n) is 8.85. The number of benzene rings is 2. The number of carbonyl (C=O) groups excluding carboxylic acids is 3. The SMILES string of the molecule is COc1cc(C(=O)OCN2C(=O)c3ccccc3C2=O)ccc1OCC(C)C. The topological polar surface area (TPSA) is 82.1 Å². The van der Waals surface area contributed by atoms with E-state index in [2.05, 4.69) is 0 Å². The van der Waals surface area contributed by atoms with Crippen molar-refractivity contribution in [2.75, 3.05) is 20.4 Å². The maximum absolute atomic E-state index is 12.4. The van der Waals surface area contributed by atoms with Crippen molar-refractivity contribution < 1.29 is 28.6 Å². The standard InChI is InChI=1S/C21H21NO6/c1-13(2)11-27-17-9-8-14(10-18(17)26-3)21(25)28-12-22-19(23)15-6-4-5-7-16(15)20(22)24/h4-10,13H,11-12H2,1-3H3. The summed E-state index contributed by atoms with van der Waals surface area (Å²) in [5.74, 6) is -0.380. The van der Waals surface area contributed by atoms with Crippen LogP contribution in [0.25, 0.3) is 0 Å². The molecule has 0 unspecified atom stereocenters. The molecule has 0 spiro atoms. The quantitative estimate of drug-likeness (QED) is 0.540. The van der Waals surface area contributed by atoms with Crippen molar-refractivity contribution in [1.29, 1.82) is 0 Å². The van der Waals surface area contributed by atoms with Crippen LogP contribution in [0.5, 0.6) is 11.5 Å². The molecule has 1 aliphatic heterocycles. The van der Waals surface area contributed by atoms with E-state index in [1.807, 2.05) is 13.8 Å². The van der Waals surface area contributed by atoms with Gasteiger partial charge in [-0.2, -0.15) is 0 Å². The molecular formula is C21H21NO6. The molecule has 0 fully saturated rings. The van der Waals surface area contributed by atoms with Gasteiger partial charge in [-0.25, -0.2) is 9.69 Å². The van der Waals surface area contributed by atoms with Crippen molar-refractivity contribution in [2.45, 2.75) is 13.8 Å². The van der Waals surface area contributed by atoms with Gasteiger partial charge in [0.05, 0.1) is 30.4 Å². The van der Waals surface area contributed by atoms with E-state index < -0.39 is 24.5 Å². The van der Waals surface area contributed by atoms with Crippen LogP contribution < -0.4 is 9.47 Å². The number of carbonyl (C=O) groups is 3. The molecule has 1 aliphatic rings. The summed E-state index contributed by atoms with van der Waals surface area (Å²) in [4.78, 5) is 37.9. The van der Waals surface area contributed by atoms with Crippen LogP contribution in [-0.4, -0.2) is 43.1 Å². The highest BCUT2D eigenvalue weighted by Gasteiger charge is 2.35. The van der Waals surface area contributed by atoms with Gasteiger partial charge in [0.1, 0.15) is 0 Å². The first-order chi connectivity index (χ1) is 13.4. The molecule has 0 aliphatic carbocycles. The minimum Gasteiger partial charge on any atom is -0.493 e. The Balaban J connectivity index is 1.67. The molecule has 0 aromatic heterocycles. The van der Waals surface area contributed by atoms with Crippen LogP contribution in [0.15, 0.2) is 42.5 Å². The van der Waals surface area contributed by atoms with Gasteiger partial charge in [-0.05, 0) is 36.2 Å². The Morgan fingerprint density at radius 2 is 1.64 bits per heavy atom. The Bertz CT molecular complexity index is 886. The Hall–Kier alpha value is -3.35. The van der Waals surface area contributed by atoms with Gasteiger partial charge in [-0.1, -0.05) is 26.0 Å². The molecule has 0 saturated carbocycles. The fraction of sp³-hybridized carbons (Fsp3) is 0.286. The highest BCUT2D eigenvalue weighted by molar-refractivity contribution is 6.21. The van der Waals surface area contributed by atoms with E-state index in [0.717, 1.165) is 4.90 Å². The second kappa shape index (κ2) is 8.12. The number of nitrogens with zero attached hydrogens (tertiary/aromatic N) is 1. The van der Waals surface area contributed by atoms with Crippen molar-refractivity contribution in [2.24, 2.45) is 5.92 Å². The maximum atomic E-state index is 12.4. The first-order valence-corrected chi connectivity index (χ1v) is 8.85. The maximum Gasteiger partial charge on any atom is 0.340 e. The minimum absolute atomic E-state index is 0.227. The molecule has 2 aromatic carbocycles. The lowest BCUT2D eigenvalue weighted by Crippen LogP contribution is -2.33. The van der Waals surface area contributed by atoms with Gasteiger partial charge in [0, 0.05) is 0 Å². The molecule has 0 bridgehead atoms. The third-order valence-electron chi connectivity index (χ3n) is 4.17. The largest absolute Gasteiger partial charge is 0.493 e. The number of ether oxygens (including phenoxy) is 3. The number of hydrogen-bond acceptors (Lipinski definition) is 6. The molecule has 3 rings (SSSR count). The first kappa shape index (κ1) is 19.4. The average Bonchev–Trinajstić information content (AvgIpc) is 2.94. The van der Waals surface area contributed by atoms with Crippen molar-refractivity contribution in [1.82, 2.24) is 4.90 Å². The normalized spacial score (nSPS) is 12.9. The molecular weight excluding hydrogens is 362 g/mol. The third kappa shape index (κ3) is 3.83. The zero-order valence-electron chi connectivity index (χ0n) is 15.9. The molecule has 0 atom stereocenters. The second-order valence-corrected chi connectivity index (χ2v) is 6.72. The Kier molecular flexibility index (Phi) is 5.63. The van der Waals surface area contributed by atoms with Gasteiger partial charge in [0.15, 0.2) is 18.2 Å². The molecule has 0 N–H and O–H groups in total. The summed E-state index contributed by atoms with van der Waals surface area (Å²) >= 11 is 0. The number of esters is 1. The molecule has 146 valence electrons. The molecule has 1 heterocycles. The molecule has 2 amide bonds. The van der Waals surface area contributed by atoms with Crippen LogP contribution in [0.4, 0.5) is 0 Å². The van der Waals surface area contributed by atoms with E-state index in [1.165, 1.54) is 13.2 Å². The minimum atomic E-state index is -0.676. The predicted molar refractivity (Wildman–Crippen MR) is 101 cm³/mol. The Morgan fingerprint density at radius 1 is 1.00 bits per heavy atom. The van der Waals surface area contributed by atoms with Crippen LogP contribution in [0.2, 0.25) is 0 Å². The van der Waals surface area contributed by atoms with Gasteiger partial charge < -0.3 is 14.2 Å². The van der Waals surface area contributed by atoms with Crippen molar-refractivity contribution in [3.05, 3.63) is 59.2 Å². The Morgan fingerprint density at radius 3 is 2.21 bits per heavy atom. The van der Waals surface area contributed by atoms with Crippen molar-refractivity contribution in [3.63, 3.8) is 0 Å². The van der Waals surface area contributed by atoms with E-state index in [0.29, 0.717) is 35.2 Å². The van der Waals surface area contributed by atoms with Crippen LogP contribution in [0.1, 0.15) is 44.9 Å². The number of rotatable bonds is 7. The van der Waals surface area contributed by atoms with E-state index in [4.69, 9.17) is 14.2 Å².